The van der Waals surface area contributed by atoms with Gasteiger partial charge in [-0.3, -0.25) is 9.69 Å². The maximum Gasteiger partial charge on any atom is 0.573 e. The first-order valence-electron chi connectivity index (χ1n) is 13.8. The van der Waals surface area contributed by atoms with Crippen molar-refractivity contribution in [3.8, 4) is 22.8 Å². The van der Waals surface area contributed by atoms with Crippen LogP contribution in [0.4, 0.5) is 26.3 Å². The zero-order valence-corrected chi connectivity index (χ0v) is 24.4. The van der Waals surface area contributed by atoms with Crippen molar-refractivity contribution in [3.05, 3.63) is 77.1 Å². The standard InChI is InChI=1S/C30H29F6N5O4/c1-17-15-39(24(16-42)20-5-4-6-22(13-20)45-30(34,35)36)11-12-40(17)28(43)23-14-37-41-26(29(31,32)33)18(2)25(38-27(23)41)19-7-9-21(44-3)10-8-19/h4-10,13-14,17,24,42H,11-12,15-16H2,1-3H3/t17-,24?/m1/s1. The Kier molecular flexibility index (Phi) is 8.68. The van der Waals surface area contributed by atoms with Crippen molar-refractivity contribution in [2.75, 3.05) is 33.4 Å². The third-order valence-corrected chi connectivity index (χ3v) is 7.76. The van der Waals surface area contributed by atoms with E-state index in [0.717, 1.165) is 12.3 Å². The van der Waals surface area contributed by atoms with Gasteiger partial charge in [0.1, 0.15) is 17.1 Å². The number of piperazine rings is 1. The molecule has 1 amide bonds. The molecule has 1 N–H and O–H groups in total. The Morgan fingerprint density at radius 3 is 2.38 bits per heavy atom. The fourth-order valence-electron chi connectivity index (χ4n) is 5.66. The molecule has 45 heavy (non-hydrogen) atoms. The van der Waals surface area contributed by atoms with Gasteiger partial charge in [0, 0.05) is 36.8 Å². The second-order valence-corrected chi connectivity index (χ2v) is 10.6. The number of hydrogen-bond donors (Lipinski definition) is 1. The van der Waals surface area contributed by atoms with Gasteiger partial charge in [0.25, 0.3) is 5.91 Å². The zero-order valence-electron chi connectivity index (χ0n) is 24.4. The zero-order chi connectivity index (χ0) is 32.7. The van der Waals surface area contributed by atoms with Crippen LogP contribution in [0.3, 0.4) is 0 Å². The minimum atomic E-state index is -4.88. The van der Waals surface area contributed by atoms with E-state index in [2.05, 4.69) is 14.8 Å². The van der Waals surface area contributed by atoms with Crippen molar-refractivity contribution in [2.45, 2.75) is 38.5 Å². The molecule has 2 atom stereocenters. The average molecular weight is 638 g/mol. The van der Waals surface area contributed by atoms with Gasteiger partial charge in [-0.2, -0.15) is 18.3 Å². The molecule has 4 aromatic rings. The summed E-state index contributed by atoms with van der Waals surface area (Å²) in [6.07, 6.45) is -8.62. The Balaban J connectivity index is 1.44. The second-order valence-electron chi connectivity index (χ2n) is 10.6. The number of amides is 1. The second kappa shape index (κ2) is 12.2. The molecule has 9 nitrogen and oxygen atoms in total. The lowest BCUT2D eigenvalue weighted by Gasteiger charge is -2.43. The number of benzene rings is 2. The highest BCUT2D eigenvalue weighted by Gasteiger charge is 2.40. The van der Waals surface area contributed by atoms with E-state index in [1.807, 2.05) is 4.90 Å². The monoisotopic (exact) mass is 637 g/mol. The molecule has 1 saturated heterocycles. The van der Waals surface area contributed by atoms with Gasteiger partial charge in [-0.05, 0) is 55.8 Å². The molecule has 2 aromatic carbocycles. The van der Waals surface area contributed by atoms with E-state index < -0.39 is 48.6 Å². The topological polar surface area (TPSA) is 92.4 Å². The lowest BCUT2D eigenvalue weighted by molar-refractivity contribution is -0.274. The summed E-state index contributed by atoms with van der Waals surface area (Å²) in [5, 5.41) is 14.1. The van der Waals surface area contributed by atoms with Crippen molar-refractivity contribution in [2.24, 2.45) is 0 Å². The molecule has 240 valence electrons. The van der Waals surface area contributed by atoms with Crippen LogP contribution in [0.15, 0.2) is 54.7 Å². The summed E-state index contributed by atoms with van der Waals surface area (Å²) >= 11 is 0. The van der Waals surface area contributed by atoms with E-state index in [1.54, 1.807) is 37.3 Å². The highest BCUT2D eigenvalue weighted by atomic mass is 19.4. The number of ether oxygens (including phenoxy) is 2. The Morgan fingerprint density at radius 1 is 1.07 bits per heavy atom. The SMILES string of the molecule is COc1ccc(-c2nc3c(C(=O)N4CCN(C(CO)c5cccc(OC(F)(F)F)c5)C[C@H]4C)cnn3c(C(F)(F)F)c2C)cc1. The van der Waals surface area contributed by atoms with Crippen molar-refractivity contribution >= 4 is 11.6 Å². The molecule has 0 aliphatic carbocycles. The van der Waals surface area contributed by atoms with Gasteiger partial charge >= 0.3 is 12.5 Å². The predicted molar refractivity (Wildman–Crippen MR) is 150 cm³/mol. The van der Waals surface area contributed by atoms with Crippen LogP contribution < -0.4 is 9.47 Å². The van der Waals surface area contributed by atoms with E-state index in [0.29, 0.717) is 21.4 Å². The van der Waals surface area contributed by atoms with Crippen molar-refractivity contribution in [1.82, 2.24) is 24.4 Å². The van der Waals surface area contributed by atoms with Crippen LogP contribution in [0.25, 0.3) is 16.9 Å². The maximum atomic E-state index is 14.3. The maximum absolute atomic E-state index is 14.3. The van der Waals surface area contributed by atoms with Crippen LogP contribution in [-0.2, 0) is 6.18 Å². The number of fused-ring (bicyclic) bond motifs is 1. The smallest absolute Gasteiger partial charge is 0.497 e. The molecule has 0 saturated carbocycles. The molecular formula is C30H29F6N5O4. The van der Waals surface area contributed by atoms with Crippen LogP contribution >= 0.6 is 0 Å². The molecular weight excluding hydrogens is 608 g/mol. The van der Waals surface area contributed by atoms with Crippen molar-refractivity contribution in [3.63, 3.8) is 0 Å². The number of aromatic nitrogens is 3. The molecule has 1 aliphatic rings. The summed E-state index contributed by atoms with van der Waals surface area (Å²) in [6.45, 7) is 3.18. The minimum Gasteiger partial charge on any atom is -0.497 e. The van der Waals surface area contributed by atoms with E-state index >= 15 is 0 Å². The van der Waals surface area contributed by atoms with E-state index in [-0.39, 0.29) is 42.1 Å². The molecule has 1 aliphatic heterocycles. The number of aliphatic hydroxyl groups is 1. The van der Waals surface area contributed by atoms with Crippen LogP contribution in [0, 0.1) is 6.92 Å². The van der Waals surface area contributed by atoms with E-state index in [1.165, 1.54) is 31.1 Å². The van der Waals surface area contributed by atoms with Gasteiger partial charge in [-0.15, -0.1) is 13.2 Å². The normalized spacial score (nSPS) is 17.0. The number of carbonyl (C=O) groups is 1. The van der Waals surface area contributed by atoms with E-state index in [9.17, 15) is 36.2 Å². The van der Waals surface area contributed by atoms with Gasteiger partial charge in [0.2, 0.25) is 0 Å². The quantitative estimate of drug-likeness (QED) is 0.267. The van der Waals surface area contributed by atoms with Gasteiger partial charge in [-0.25, -0.2) is 9.50 Å². The molecule has 3 heterocycles. The van der Waals surface area contributed by atoms with Gasteiger partial charge in [0.05, 0.1) is 31.6 Å². The number of nitrogens with zero attached hydrogens (tertiary/aromatic N) is 5. The Bertz CT molecular complexity index is 1690. The number of methoxy groups -OCH3 is 1. The number of hydrogen-bond acceptors (Lipinski definition) is 7. The van der Waals surface area contributed by atoms with E-state index in [4.69, 9.17) is 4.74 Å². The third kappa shape index (κ3) is 6.54. The first kappa shape index (κ1) is 32.0. The molecule has 0 bridgehead atoms. The average Bonchev–Trinajstić information content (AvgIpc) is 3.39. The third-order valence-electron chi connectivity index (χ3n) is 7.76. The lowest BCUT2D eigenvalue weighted by Crippen LogP contribution is -2.55. The van der Waals surface area contributed by atoms with Crippen molar-refractivity contribution in [1.29, 1.82) is 0 Å². The van der Waals surface area contributed by atoms with Crippen LogP contribution in [0.1, 0.15) is 40.1 Å². The molecule has 2 aromatic heterocycles. The Labute approximate surface area is 253 Å². The molecule has 5 rings (SSSR count). The molecule has 1 unspecified atom stereocenters. The first-order chi connectivity index (χ1) is 21.2. The van der Waals surface area contributed by atoms with Crippen LogP contribution in [0.2, 0.25) is 0 Å². The summed E-state index contributed by atoms with van der Waals surface area (Å²) in [4.78, 5) is 21.6. The minimum absolute atomic E-state index is 0.0346. The fraction of sp³-hybridized carbons (Fsp3) is 0.367. The summed E-state index contributed by atoms with van der Waals surface area (Å²) in [7, 11) is 1.46. The largest absolute Gasteiger partial charge is 0.573 e. The summed E-state index contributed by atoms with van der Waals surface area (Å²) in [5.74, 6) is -0.501. The Morgan fingerprint density at radius 2 is 1.78 bits per heavy atom. The first-order valence-corrected chi connectivity index (χ1v) is 13.8. The number of halogens is 6. The fourth-order valence-corrected chi connectivity index (χ4v) is 5.66. The molecule has 15 heteroatoms. The summed E-state index contributed by atoms with van der Waals surface area (Å²) in [6, 6.07) is 10.5. The summed E-state index contributed by atoms with van der Waals surface area (Å²) in [5.41, 5.74) is -0.782. The molecule has 1 fully saturated rings. The van der Waals surface area contributed by atoms with Crippen molar-refractivity contribution < 1.29 is 45.7 Å². The van der Waals surface area contributed by atoms with Crippen LogP contribution in [0.5, 0.6) is 11.5 Å². The van der Waals surface area contributed by atoms with Crippen LogP contribution in [-0.4, -0.2) is 81.2 Å². The number of rotatable bonds is 7. The summed E-state index contributed by atoms with van der Waals surface area (Å²) < 4.78 is 91.0. The van der Waals surface area contributed by atoms with Gasteiger partial charge in [0.15, 0.2) is 11.3 Å². The molecule has 0 spiro atoms. The Hall–Kier alpha value is -4.37. The number of carbonyl (C=O) groups excluding carboxylic acids is 1. The van der Waals surface area contributed by atoms with Gasteiger partial charge < -0.3 is 19.5 Å². The highest BCUT2D eigenvalue weighted by molar-refractivity contribution is 6.00. The number of aliphatic hydroxyl groups excluding tert-OH is 1. The predicted octanol–water partition coefficient (Wildman–Crippen LogP) is 5.51. The number of alkyl halides is 6. The molecule has 0 radical (unpaired) electrons. The highest BCUT2D eigenvalue weighted by Crippen LogP contribution is 2.37. The van der Waals surface area contributed by atoms with Gasteiger partial charge in [-0.1, -0.05) is 12.1 Å². The lowest BCUT2D eigenvalue weighted by atomic mass is 10.0.